The molecular weight excluding hydrogens is 264 g/mol. The second-order valence-corrected chi connectivity index (χ2v) is 6.31. The number of rotatable bonds is 5. The molecule has 2 amide bonds. The predicted molar refractivity (Wildman–Crippen MR) is 82.9 cm³/mol. The van der Waals surface area contributed by atoms with Gasteiger partial charge in [0.15, 0.2) is 0 Å². The van der Waals surface area contributed by atoms with Gasteiger partial charge in [-0.2, -0.15) is 0 Å². The maximum atomic E-state index is 12.3. The van der Waals surface area contributed by atoms with Gasteiger partial charge in [-0.15, -0.1) is 0 Å². The van der Waals surface area contributed by atoms with E-state index in [9.17, 15) is 9.59 Å². The molecule has 21 heavy (non-hydrogen) atoms. The molecule has 1 aliphatic heterocycles. The van der Waals surface area contributed by atoms with Crippen molar-refractivity contribution in [2.24, 2.45) is 0 Å². The number of amides is 2. The average Bonchev–Trinajstić information content (AvgIpc) is 2.84. The highest BCUT2D eigenvalue weighted by molar-refractivity contribution is 5.94. The van der Waals surface area contributed by atoms with Gasteiger partial charge in [-0.1, -0.05) is 19.1 Å². The summed E-state index contributed by atoms with van der Waals surface area (Å²) in [5, 5.41) is 3.03. The van der Waals surface area contributed by atoms with E-state index in [4.69, 9.17) is 0 Å². The third kappa shape index (κ3) is 4.06. The summed E-state index contributed by atoms with van der Waals surface area (Å²) in [7, 11) is 0. The number of hydrogen-bond donors (Lipinski definition) is 1. The topological polar surface area (TPSA) is 49.4 Å². The fourth-order valence-corrected chi connectivity index (χ4v) is 2.37. The standard InChI is InChI=1S/C17H24N2O2/c1-4-17(2,3)18-16(21)14-8-5-7-13(11-14)12-19-10-6-9-15(19)20/h5,7-8,11H,4,6,9-10,12H2,1-3H3,(H,18,21). The smallest absolute Gasteiger partial charge is 0.251 e. The maximum Gasteiger partial charge on any atom is 0.251 e. The minimum Gasteiger partial charge on any atom is -0.347 e. The van der Waals surface area contributed by atoms with E-state index in [2.05, 4.69) is 12.2 Å². The van der Waals surface area contributed by atoms with Crippen molar-refractivity contribution in [3.63, 3.8) is 0 Å². The van der Waals surface area contributed by atoms with Gasteiger partial charge < -0.3 is 10.2 Å². The molecule has 0 atom stereocenters. The van der Waals surface area contributed by atoms with E-state index in [0.717, 1.165) is 24.9 Å². The van der Waals surface area contributed by atoms with Crippen LogP contribution in [-0.4, -0.2) is 28.8 Å². The van der Waals surface area contributed by atoms with Gasteiger partial charge in [-0.05, 0) is 44.4 Å². The van der Waals surface area contributed by atoms with Crippen LogP contribution in [0.4, 0.5) is 0 Å². The average molecular weight is 288 g/mol. The fraction of sp³-hybridized carbons (Fsp3) is 0.529. The largest absolute Gasteiger partial charge is 0.347 e. The van der Waals surface area contributed by atoms with E-state index in [1.807, 2.05) is 43.0 Å². The Morgan fingerprint density at radius 1 is 1.38 bits per heavy atom. The lowest BCUT2D eigenvalue weighted by molar-refractivity contribution is -0.128. The van der Waals surface area contributed by atoms with Crippen molar-refractivity contribution in [2.45, 2.75) is 52.1 Å². The molecule has 0 bridgehead atoms. The van der Waals surface area contributed by atoms with Gasteiger partial charge in [0.2, 0.25) is 5.91 Å². The van der Waals surface area contributed by atoms with Crippen LogP contribution in [0.3, 0.4) is 0 Å². The summed E-state index contributed by atoms with van der Waals surface area (Å²) in [4.78, 5) is 25.8. The molecule has 1 N–H and O–H groups in total. The molecule has 0 radical (unpaired) electrons. The van der Waals surface area contributed by atoms with Crippen molar-refractivity contribution in [3.8, 4) is 0 Å². The van der Waals surface area contributed by atoms with Crippen LogP contribution < -0.4 is 5.32 Å². The maximum absolute atomic E-state index is 12.3. The lowest BCUT2D eigenvalue weighted by atomic mass is 10.0. The third-order valence-electron chi connectivity index (χ3n) is 4.07. The lowest BCUT2D eigenvalue weighted by Crippen LogP contribution is -2.42. The first-order valence-corrected chi connectivity index (χ1v) is 7.60. The Labute approximate surface area is 126 Å². The van der Waals surface area contributed by atoms with Crippen LogP contribution in [0.1, 0.15) is 56.0 Å². The monoisotopic (exact) mass is 288 g/mol. The number of carbonyl (C=O) groups excluding carboxylic acids is 2. The highest BCUT2D eigenvalue weighted by Gasteiger charge is 2.21. The van der Waals surface area contributed by atoms with Crippen molar-refractivity contribution in [2.75, 3.05) is 6.54 Å². The number of nitrogens with one attached hydrogen (secondary N) is 1. The summed E-state index contributed by atoms with van der Waals surface area (Å²) in [5.74, 6) is 0.147. The first kappa shape index (κ1) is 15.5. The Bertz CT molecular complexity index is 537. The minimum absolute atomic E-state index is 0.0588. The zero-order valence-corrected chi connectivity index (χ0v) is 13.1. The molecule has 4 heteroatoms. The first-order valence-electron chi connectivity index (χ1n) is 7.60. The van der Waals surface area contributed by atoms with Crippen molar-refractivity contribution >= 4 is 11.8 Å². The van der Waals surface area contributed by atoms with Crippen molar-refractivity contribution in [3.05, 3.63) is 35.4 Å². The molecular formula is C17H24N2O2. The molecule has 2 rings (SSSR count). The molecule has 114 valence electrons. The molecule has 1 aliphatic rings. The van der Waals surface area contributed by atoms with Gasteiger partial charge in [0.25, 0.3) is 5.91 Å². The first-order chi connectivity index (χ1) is 9.91. The highest BCUT2D eigenvalue weighted by atomic mass is 16.2. The van der Waals surface area contributed by atoms with Crippen LogP contribution in [0.15, 0.2) is 24.3 Å². The van der Waals surface area contributed by atoms with Gasteiger partial charge in [0.1, 0.15) is 0 Å². The van der Waals surface area contributed by atoms with Crippen molar-refractivity contribution in [1.29, 1.82) is 0 Å². The molecule has 0 spiro atoms. The van der Waals surface area contributed by atoms with E-state index in [-0.39, 0.29) is 17.4 Å². The summed E-state index contributed by atoms with van der Waals surface area (Å²) in [6.07, 6.45) is 2.45. The van der Waals surface area contributed by atoms with E-state index < -0.39 is 0 Å². The van der Waals surface area contributed by atoms with Crippen LogP contribution >= 0.6 is 0 Å². The van der Waals surface area contributed by atoms with Crippen LogP contribution in [0, 0.1) is 0 Å². The minimum atomic E-state index is -0.210. The summed E-state index contributed by atoms with van der Waals surface area (Å²) in [5.41, 5.74) is 1.45. The molecule has 0 saturated carbocycles. The number of benzene rings is 1. The van der Waals surface area contributed by atoms with E-state index >= 15 is 0 Å². The second-order valence-electron chi connectivity index (χ2n) is 6.31. The van der Waals surface area contributed by atoms with Gasteiger partial charge in [0, 0.05) is 30.6 Å². The van der Waals surface area contributed by atoms with E-state index in [0.29, 0.717) is 18.5 Å². The molecule has 0 aromatic heterocycles. The Balaban J connectivity index is 2.07. The molecule has 1 aromatic carbocycles. The Kier molecular flexibility index (Phi) is 4.66. The fourth-order valence-electron chi connectivity index (χ4n) is 2.37. The Morgan fingerprint density at radius 2 is 2.14 bits per heavy atom. The number of hydrogen-bond acceptors (Lipinski definition) is 2. The highest BCUT2D eigenvalue weighted by Crippen LogP contribution is 2.16. The molecule has 1 aromatic rings. The molecule has 1 saturated heterocycles. The summed E-state index contributed by atoms with van der Waals surface area (Å²) in [6, 6.07) is 7.54. The van der Waals surface area contributed by atoms with Gasteiger partial charge in [-0.25, -0.2) is 0 Å². The SMILES string of the molecule is CCC(C)(C)NC(=O)c1cccc(CN2CCCC2=O)c1. The van der Waals surface area contributed by atoms with Crippen LogP contribution in [-0.2, 0) is 11.3 Å². The van der Waals surface area contributed by atoms with Crippen LogP contribution in [0.5, 0.6) is 0 Å². The number of likely N-dealkylation sites (tertiary alicyclic amines) is 1. The third-order valence-corrected chi connectivity index (χ3v) is 4.07. The van der Waals surface area contributed by atoms with E-state index in [1.165, 1.54) is 0 Å². The number of carbonyl (C=O) groups is 2. The zero-order valence-electron chi connectivity index (χ0n) is 13.1. The second kappa shape index (κ2) is 6.29. The normalized spacial score (nSPS) is 15.4. The van der Waals surface area contributed by atoms with Gasteiger partial charge in [0.05, 0.1) is 0 Å². The van der Waals surface area contributed by atoms with Crippen LogP contribution in [0.2, 0.25) is 0 Å². The van der Waals surface area contributed by atoms with Crippen LogP contribution in [0.25, 0.3) is 0 Å². The summed E-state index contributed by atoms with van der Waals surface area (Å²) < 4.78 is 0. The molecule has 4 nitrogen and oxygen atoms in total. The van der Waals surface area contributed by atoms with Crippen molar-refractivity contribution < 1.29 is 9.59 Å². The quantitative estimate of drug-likeness (QED) is 0.905. The number of nitrogens with zero attached hydrogens (tertiary/aromatic N) is 1. The molecule has 1 heterocycles. The van der Waals surface area contributed by atoms with Gasteiger partial charge in [-0.3, -0.25) is 9.59 Å². The zero-order chi connectivity index (χ0) is 15.5. The molecule has 0 aliphatic carbocycles. The van der Waals surface area contributed by atoms with Crippen molar-refractivity contribution in [1.82, 2.24) is 10.2 Å². The van der Waals surface area contributed by atoms with E-state index in [1.54, 1.807) is 0 Å². The Hall–Kier alpha value is -1.84. The molecule has 1 fully saturated rings. The van der Waals surface area contributed by atoms with Gasteiger partial charge >= 0.3 is 0 Å². The summed E-state index contributed by atoms with van der Waals surface area (Å²) >= 11 is 0. The lowest BCUT2D eigenvalue weighted by Gasteiger charge is -2.24. The Morgan fingerprint density at radius 3 is 2.76 bits per heavy atom. The predicted octanol–water partition coefficient (Wildman–Crippen LogP) is 2.73. The summed E-state index contributed by atoms with van der Waals surface area (Å²) in [6.45, 7) is 7.49. The molecule has 0 unspecified atom stereocenters.